The van der Waals surface area contributed by atoms with E-state index in [9.17, 15) is 31.1 Å². The van der Waals surface area contributed by atoms with E-state index in [2.05, 4.69) is 4.90 Å². The lowest BCUT2D eigenvalue weighted by Gasteiger charge is -2.46. The van der Waals surface area contributed by atoms with E-state index in [0.717, 1.165) is 45.4 Å². The second-order valence-electron chi connectivity index (χ2n) is 10.0. The van der Waals surface area contributed by atoms with Gasteiger partial charge in [0.1, 0.15) is 0 Å². The maximum absolute atomic E-state index is 13.3. The number of carbonyl (C=O) groups is 1. The van der Waals surface area contributed by atoms with Crippen LogP contribution in [0, 0.1) is 11.8 Å². The number of hydrogen-bond acceptors (Lipinski definition) is 3. The lowest BCUT2D eigenvalue weighted by molar-refractivity contribution is -0.143. The first-order valence-corrected chi connectivity index (χ1v) is 12.4. The molecule has 4 nitrogen and oxygen atoms in total. The van der Waals surface area contributed by atoms with Crippen molar-refractivity contribution in [1.82, 2.24) is 9.80 Å². The molecule has 0 radical (unpaired) electrons. The molecule has 0 spiro atoms. The van der Waals surface area contributed by atoms with Crippen molar-refractivity contribution < 1.29 is 35.9 Å². The smallest absolute Gasteiger partial charge is 0.381 e. The van der Waals surface area contributed by atoms with E-state index in [4.69, 9.17) is 4.74 Å². The number of alkyl halides is 6. The van der Waals surface area contributed by atoms with E-state index >= 15 is 0 Å². The highest BCUT2D eigenvalue weighted by atomic mass is 19.4. The summed E-state index contributed by atoms with van der Waals surface area (Å²) in [6.45, 7) is 4.14. The summed E-state index contributed by atoms with van der Waals surface area (Å²) in [4.78, 5) is 17.2. The second-order valence-corrected chi connectivity index (χ2v) is 10.0. The van der Waals surface area contributed by atoms with Crippen molar-refractivity contribution >= 4 is 5.91 Å². The Bertz CT molecular complexity index is 869. The van der Waals surface area contributed by atoms with Crippen LogP contribution in [0.1, 0.15) is 62.1 Å². The summed E-state index contributed by atoms with van der Waals surface area (Å²) < 4.78 is 85.1. The fourth-order valence-electron chi connectivity index (χ4n) is 6.07. The predicted molar refractivity (Wildman–Crippen MR) is 117 cm³/mol. The van der Waals surface area contributed by atoms with Gasteiger partial charge >= 0.3 is 12.4 Å². The van der Waals surface area contributed by atoms with Crippen molar-refractivity contribution in [3.8, 4) is 0 Å². The summed E-state index contributed by atoms with van der Waals surface area (Å²) >= 11 is 0. The van der Waals surface area contributed by atoms with E-state index in [-0.39, 0.29) is 42.6 Å². The number of benzene rings is 1. The number of carbonyl (C=O) groups excluding carboxylic acids is 1. The highest BCUT2D eigenvalue weighted by Crippen LogP contribution is 2.39. The van der Waals surface area contributed by atoms with Crippen molar-refractivity contribution in [2.24, 2.45) is 11.8 Å². The Labute approximate surface area is 201 Å². The second kappa shape index (κ2) is 10.3. The van der Waals surface area contributed by atoms with Gasteiger partial charge in [0.2, 0.25) is 5.91 Å². The Morgan fingerprint density at radius 3 is 2.34 bits per heavy atom. The molecule has 4 unspecified atom stereocenters. The van der Waals surface area contributed by atoms with E-state index in [0.29, 0.717) is 36.9 Å². The van der Waals surface area contributed by atoms with E-state index < -0.39 is 23.5 Å². The first kappa shape index (κ1) is 26.3. The average molecular weight is 507 g/mol. The Hall–Kier alpha value is -1.81. The summed E-state index contributed by atoms with van der Waals surface area (Å²) in [5, 5.41) is 0. The first-order chi connectivity index (χ1) is 16.5. The van der Waals surface area contributed by atoms with Crippen LogP contribution in [0.3, 0.4) is 0 Å². The van der Waals surface area contributed by atoms with Gasteiger partial charge < -0.3 is 9.64 Å². The van der Waals surface area contributed by atoms with Gasteiger partial charge in [0, 0.05) is 37.7 Å². The lowest BCUT2D eigenvalue weighted by Crippen LogP contribution is -2.53. The largest absolute Gasteiger partial charge is 0.416 e. The summed E-state index contributed by atoms with van der Waals surface area (Å²) in [5.41, 5.74) is -2.89. The molecule has 0 N–H and O–H groups in total. The monoisotopic (exact) mass is 506 g/mol. The van der Waals surface area contributed by atoms with Crippen molar-refractivity contribution in [2.45, 2.75) is 76.4 Å². The van der Waals surface area contributed by atoms with Gasteiger partial charge in [0.15, 0.2) is 0 Å². The molecule has 1 aliphatic carbocycles. The third-order valence-corrected chi connectivity index (χ3v) is 7.79. The zero-order valence-electron chi connectivity index (χ0n) is 19.8. The zero-order valence-corrected chi connectivity index (χ0v) is 19.8. The van der Waals surface area contributed by atoms with Crippen LogP contribution >= 0.6 is 0 Å². The normalized spacial score (nSPS) is 28.1. The van der Waals surface area contributed by atoms with Crippen LogP contribution in [-0.2, 0) is 28.4 Å². The van der Waals surface area contributed by atoms with E-state index in [1.165, 1.54) is 4.90 Å². The van der Waals surface area contributed by atoms with Crippen molar-refractivity contribution in [1.29, 1.82) is 0 Å². The molecule has 2 heterocycles. The standard InChI is InChI=1S/C25H32F6N2O2/c1-2-32(14-16-10-19(24(26,27)28)13-20(11-16)25(29,30)31)23(34)17-5-6-21(12-17)33-8-3-4-18-15-35-9-7-22(18)33/h10-11,13,17-18,21-22H,2-9,12,14-15H2,1H3. The maximum Gasteiger partial charge on any atom is 0.416 e. The predicted octanol–water partition coefficient (Wildman–Crippen LogP) is 5.74. The molecule has 3 aliphatic rings. The van der Waals surface area contributed by atoms with Gasteiger partial charge in [-0.1, -0.05) is 0 Å². The van der Waals surface area contributed by atoms with Crippen LogP contribution in [0.15, 0.2) is 18.2 Å². The highest BCUT2D eigenvalue weighted by molar-refractivity contribution is 5.79. The molecule has 0 bridgehead atoms. The third kappa shape index (κ3) is 5.96. The molecular weight excluding hydrogens is 474 g/mol. The van der Waals surface area contributed by atoms with Gasteiger partial charge in [0.05, 0.1) is 17.7 Å². The number of hydrogen-bond donors (Lipinski definition) is 0. The number of likely N-dealkylation sites (tertiary alicyclic amines) is 1. The number of halogens is 6. The van der Waals surface area contributed by atoms with Crippen LogP contribution in [0.25, 0.3) is 0 Å². The molecular formula is C25H32F6N2O2. The minimum absolute atomic E-state index is 0.116. The van der Waals surface area contributed by atoms with Crippen LogP contribution in [0.4, 0.5) is 26.3 Å². The number of ether oxygens (including phenoxy) is 1. The van der Waals surface area contributed by atoms with Gasteiger partial charge in [0.25, 0.3) is 0 Å². The van der Waals surface area contributed by atoms with Gasteiger partial charge in [-0.3, -0.25) is 9.69 Å². The zero-order chi connectivity index (χ0) is 25.4. The molecule has 1 amide bonds. The molecule has 4 rings (SSSR count). The highest BCUT2D eigenvalue weighted by Gasteiger charge is 2.42. The number of fused-ring (bicyclic) bond motifs is 1. The topological polar surface area (TPSA) is 32.8 Å². The molecule has 10 heteroatoms. The van der Waals surface area contributed by atoms with Gasteiger partial charge in [-0.25, -0.2) is 0 Å². The summed E-state index contributed by atoms with van der Waals surface area (Å²) in [5.74, 6) is 0.0534. The fourth-order valence-corrected chi connectivity index (χ4v) is 6.07. The molecule has 2 aliphatic heterocycles. The van der Waals surface area contributed by atoms with Crippen LogP contribution in [-0.4, -0.2) is 54.1 Å². The molecule has 196 valence electrons. The molecule has 0 aromatic heterocycles. The van der Waals surface area contributed by atoms with Gasteiger partial charge in [-0.2, -0.15) is 26.3 Å². The number of rotatable bonds is 5. The Morgan fingerprint density at radius 1 is 1.03 bits per heavy atom. The van der Waals surface area contributed by atoms with Crippen LogP contribution in [0.2, 0.25) is 0 Å². The summed E-state index contributed by atoms with van der Waals surface area (Å²) in [6, 6.07) is 2.28. The van der Waals surface area contributed by atoms with Crippen molar-refractivity contribution in [3.63, 3.8) is 0 Å². The Balaban J connectivity index is 1.46. The van der Waals surface area contributed by atoms with Crippen LogP contribution in [0.5, 0.6) is 0 Å². The maximum atomic E-state index is 13.3. The molecule has 1 aromatic carbocycles. The first-order valence-electron chi connectivity index (χ1n) is 12.4. The van der Waals surface area contributed by atoms with Crippen LogP contribution < -0.4 is 0 Å². The Kier molecular flexibility index (Phi) is 7.71. The molecule has 1 aromatic rings. The SMILES string of the molecule is CCN(Cc1cc(C(F)(F)F)cc(C(F)(F)F)c1)C(=O)C1CCC(N2CCCC3COCCC32)C1. The van der Waals surface area contributed by atoms with Gasteiger partial charge in [-0.15, -0.1) is 0 Å². The minimum atomic E-state index is -4.91. The van der Waals surface area contributed by atoms with E-state index in [1.54, 1.807) is 6.92 Å². The molecule has 3 fully saturated rings. The quantitative estimate of drug-likeness (QED) is 0.478. The Morgan fingerprint density at radius 2 is 1.71 bits per heavy atom. The van der Waals surface area contributed by atoms with Crippen molar-refractivity contribution in [3.05, 3.63) is 34.9 Å². The molecule has 4 atom stereocenters. The van der Waals surface area contributed by atoms with Gasteiger partial charge in [-0.05, 0) is 81.7 Å². The van der Waals surface area contributed by atoms with E-state index in [1.807, 2.05) is 0 Å². The average Bonchev–Trinajstić information content (AvgIpc) is 3.30. The minimum Gasteiger partial charge on any atom is -0.381 e. The fraction of sp³-hybridized carbons (Fsp3) is 0.720. The number of amides is 1. The summed E-state index contributed by atoms with van der Waals surface area (Å²) in [7, 11) is 0. The number of nitrogens with zero attached hydrogens (tertiary/aromatic N) is 2. The molecule has 35 heavy (non-hydrogen) atoms. The molecule has 1 saturated carbocycles. The molecule has 2 saturated heterocycles. The number of piperidine rings is 1. The lowest BCUT2D eigenvalue weighted by atomic mass is 9.85. The summed E-state index contributed by atoms with van der Waals surface area (Å²) in [6.07, 6.45) is -4.36. The van der Waals surface area contributed by atoms with Crippen molar-refractivity contribution in [2.75, 3.05) is 26.3 Å². The third-order valence-electron chi connectivity index (χ3n) is 7.79.